The zero-order valence-electron chi connectivity index (χ0n) is 9.47. The molecule has 2 heterocycles. The lowest BCUT2D eigenvalue weighted by Crippen LogP contribution is -2.52. The quantitative estimate of drug-likeness (QED) is 0.699. The van der Waals surface area contributed by atoms with Crippen molar-refractivity contribution in [3.63, 3.8) is 0 Å². The summed E-state index contributed by atoms with van der Waals surface area (Å²) < 4.78 is 28.1. The Morgan fingerprint density at radius 2 is 2.06 bits per heavy atom. The average Bonchev–Trinajstić information content (AvgIpc) is 2.75. The van der Waals surface area contributed by atoms with E-state index in [0.29, 0.717) is 25.6 Å². The van der Waals surface area contributed by atoms with E-state index < -0.39 is 9.84 Å². The summed E-state index contributed by atoms with van der Waals surface area (Å²) in [7, 11) is -2.79. The summed E-state index contributed by atoms with van der Waals surface area (Å²) in [6.45, 7) is 3.42. The van der Waals surface area contributed by atoms with Crippen LogP contribution in [0.2, 0.25) is 0 Å². The molecule has 0 aliphatic carbocycles. The second-order valence-corrected chi connectivity index (χ2v) is 6.92. The van der Waals surface area contributed by atoms with Crippen molar-refractivity contribution in [3.05, 3.63) is 0 Å². The van der Waals surface area contributed by atoms with Gasteiger partial charge in [-0.05, 0) is 6.42 Å². The van der Waals surface area contributed by atoms with E-state index in [4.69, 9.17) is 10.5 Å². The lowest BCUT2D eigenvalue weighted by atomic mass is 9.97. The Labute approximate surface area is 96.9 Å². The lowest BCUT2D eigenvalue weighted by Gasteiger charge is -2.36. The first-order valence-corrected chi connectivity index (χ1v) is 7.67. The molecular weight excluding hydrogens is 228 g/mol. The van der Waals surface area contributed by atoms with E-state index >= 15 is 0 Å². The molecule has 0 aromatic rings. The third kappa shape index (κ3) is 2.74. The van der Waals surface area contributed by atoms with Gasteiger partial charge in [0.2, 0.25) is 0 Å². The minimum Gasteiger partial charge on any atom is -0.381 e. The fourth-order valence-electron chi connectivity index (χ4n) is 2.55. The van der Waals surface area contributed by atoms with Gasteiger partial charge >= 0.3 is 0 Å². The molecule has 0 bridgehead atoms. The van der Waals surface area contributed by atoms with Crippen LogP contribution in [0, 0.1) is 5.92 Å². The van der Waals surface area contributed by atoms with Crippen molar-refractivity contribution in [2.45, 2.75) is 12.5 Å². The number of nitrogens with two attached hydrogens (primary N) is 1. The maximum absolute atomic E-state index is 11.3. The van der Waals surface area contributed by atoms with Crippen molar-refractivity contribution >= 4 is 9.84 Å². The van der Waals surface area contributed by atoms with Crippen molar-refractivity contribution in [1.29, 1.82) is 0 Å². The van der Waals surface area contributed by atoms with Gasteiger partial charge < -0.3 is 10.5 Å². The Morgan fingerprint density at radius 3 is 2.56 bits per heavy atom. The molecule has 2 rings (SSSR count). The fraction of sp³-hybridized carbons (Fsp3) is 1.00. The van der Waals surface area contributed by atoms with Gasteiger partial charge in [-0.1, -0.05) is 0 Å². The second-order valence-electron chi connectivity index (χ2n) is 4.61. The van der Waals surface area contributed by atoms with Crippen LogP contribution in [0.1, 0.15) is 6.42 Å². The standard InChI is InChI=1S/C10H20N2O3S/c11-7-10(9-1-4-15-8-9)12-2-5-16(13,14)6-3-12/h9-10H,1-8,11H2. The lowest BCUT2D eigenvalue weighted by molar-refractivity contribution is 0.128. The molecule has 6 heteroatoms. The van der Waals surface area contributed by atoms with Gasteiger partial charge in [-0.25, -0.2) is 8.42 Å². The van der Waals surface area contributed by atoms with Crippen LogP contribution in [0.5, 0.6) is 0 Å². The number of hydrogen-bond donors (Lipinski definition) is 1. The minimum absolute atomic E-state index is 0.275. The Morgan fingerprint density at radius 1 is 1.38 bits per heavy atom. The van der Waals surface area contributed by atoms with E-state index in [1.807, 2.05) is 0 Å². The SMILES string of the molecule is NCC(C1CCOC1)N1CCS(=O)(=O)CC1. The molecule has 0 radical (unpaired) electrons. The van der Waals surface area contributed by atoms with E-state index in [1.165, 1.54) is 0 Å². The topological polar surface area (TPSA) is 72.6 Å². The van der Waals surface area contributed by atoms with E-state index in [0.717, 1.165) is 19.6 Å². The molecule has 16 heavy (non-hydrogen) atoms. The molecule has 2 saturated heterocycles. The molecule has 2 N–H and O–H groups in total. The highest BCUT2D eigenvalue weighted by Gasteiger charge is 2.32. The summed E-state index contributed by atoms with van der Waals surface area (Å²) in [6.07, 6.45) is 1.05. The Kier molecular flexibility index (Phi) is 3.84. The summed E-state index contributed by atoms with van der Waals surface area (Å²) in [5.41, 5.74) is 5.80. The van der Waals surface area contributed by atoms with Gasteiger partial charge in [0.15, 0.2) is 9.84 Å². The summed E-state index contributed by atoms with van der Waals surface area (Å²) >= 11 is 0. The average molecular weight is 248 g/mol. The summed E-state index contributed by atoms with van der Waals surface area (Å²) in [5, 5.41) is 0. The molecule has 2 aliphatic rings. The summed E-state index contributed by atoms with van der Waals surface area (Å²) in [5.74, 6) is 1.03. The second kappa shape index (κ2) is 5.00. The normalized spacial score (nSPS) is 32.7. The molecular formula is C10H20N2O3S. The Hall–Kier alpha value is -0.170. The molecule has 0 saturated carbocycles. The molecule has 2 unspecified atom stereocenters. The molecule has 2 fully saturated rings. The third-order valence-corrected chi connectivity index (χ3v) is 5.21. The van der Waals surface area contributed by atoms with Crippen LogP contribution in [-0.2, 0) is 14.6 Å². The Bertz CT molecular complexity index is 311. The van der Waals surface area contributed by atoms with Crippen LogP contribution >= 0.6 is 0 Å². The minimum atomic E-state index is -2.79. The highest BCUT2D eigenvalue weighted by Crippen LogP contribution is 2.22. The largest absolute Gasteiger partial charge is 0.381 e. The third-order valence-electron chi connectivity index (χ3n) is 3.60. The molecule has 0 spiro atoms. The van der Waals surface area contributed by atoms with Crippen LogP contribution in [0.25, 0.3) is 0 Å². The van der Waals surface area contributed by atoms with Crippen molar-refractivity contribution in [3.8, 4) is 0 Å². The highest BCUT2D eigenvalue weighted by molar-refractivity contribution is 7.91. The molecule has 2 atom stereocenters. The van der Waals surface area contributed by atoms with Crippen LogP contribution in [0.15, 0.2) is 0 Å². The molecule has 0 amide bonds. The summed E-state index contributed by atoms with van der Waals surface area (Å²) in [6, 6.07) is 0.290. The van der Waals surface area contributed by atoms with Gasteiger partial charge in [-0.15, -0.1) is 0 Å². The number of sulfone groups is 1. The van der Waals surface area contributed by atoms with Gasteiger partial charge in [-0.3, -0.25) is 4.90 Å². The van der Waals surface area contributed by atoms with Gasteiger partial charge in [-0.2, -0.15) is 0 Å². The molecule has 2 aliphatic heterocycles. The summed E-state index contributed by atoms with van der Waals surface area (Å²) in [4.78, 5) is 2.22. The monoisotopic (exact) mass is 248 g/mol. The molecule has 0 aromatic heterocycles. The van der Waals surface area contributed by atoms with E-state index in [-0.39, 0.29) is 17.5 Å². The maximum Gasteiger partial charge on any atom is 0.152 e. The number of hydrogen-bond acceptors (Lipinski definition) is 5. The van der Waals surface area contributed by atoms with Gasteiger partial charge in [0.1, 0.15) is 0 Å². The van der Waals surface area contributed by atoms with Crippen molar-refractivity contribution in [2.24, 2.45) is 11.7 Å². The van der Waals surface area contributed by atoms with Gasteiger partial charge in [0.25, 0.3) is 0 Å². The highest BCUT2D eigenvalue weighted by atomic mass is 32.2. The number of rotatable bonds is 3. The van der Waals surface area contributed by atoms with Crippen LogP contribution < -0.4 is 5.73 Å². The fourth-order valence-corrected chi connectivity index (χ4v) is 3.78. The predicted molar refractivity (Wildman–Crippen MR) is 62.0 cm³/mol. The van der Waals surface area contributed by atoms with Gasteiger partial charge in [0, 0.05) is 38.2 Å². The van der Waals surface area contributed by atoms with E-state index in [1.54, 1.807) is 0 Å². The molecule has 0 aromatic carbocycles. The predicted octanol–water partition coefficient (Wildman–Crippen LogP) is -0.919. The number of nitrogens with zero attached hydrogens (tertiary/aromatic N) is 1. The van der Waals surface area contributed by atoms with Crippen LogP contribution in [-0.4, -0.2) is 63.7 Å². The van der Waals surface area contributed by atoms with E-state index in [9.17, 15) is 8.42 Å². The zero-order valence-corrected chi connectivity index (χ0v) is 10.3. The number of ether oxygens (including phenoxy) is 1. The van der Waals surface area contributed by atoms with E-state index in [2.05, 4.69) is 4.90 Å². The maximum atomic E-state index is 11.3. The Balaban J connectivity index is 1.95. The zero-order chi connectivity index (χ0) is 11.6. The van der Waals surface area contributed by atoms with Crippen LogP contribution in [0.4, 0.5) is 0 Å². The van der Waals surface area contributed by atoms with Crippen molar-refractivity contribution in [1.82, 2.24) is 4.90 Å². The van der Waals surface area contributed by atoms with Crippen molar-refractivity contribution in [2.75, 3.05) is 44.4 Å². The molecule has 5 nitrogen and oxygen atoms in total. The smallest absolute Gasteiger partial charge is 0.152 e. The van der Waals surface area contributed by atoms with Crippen molar-refractivity contribution < 1.29 is 13.2 Å². The van der Waals surface area contributed by atoms with Gasteiger partial charge in [0.05, 0.1) is 18.1 Å². The first-order chi connectivity index (χ1) is 7.62. The first-order valence-electron chi connectivity index (χ1n) is 5.85. The first kappa shape index (κ1) is 12.3. The molecule has 94 valence electrons. The van der Waals surface area contributed by atoms with Crippen LogP contribution in [0.3, 0.4) is 0 Å².